The third kappa shape index (κ3) is 4.24. The second-order valence-corrected chi connectivity index (χ2v) is 8.75. The van der Waals surface area contributed by atoms with Gasteiger partial charge in [-0.05, 0) is 61.7 Å². The van der Waals surface area contributed by atoms with E-state index in [2.05, 4.69) is 32.7 Å². The molecular formula is C24H24ClFN6O. The number of para-hydroxylation sites is 1. The highest BCUT2D eigenvalue weighted by atomic mass is 35.5. The summed E-state index contributed by atoms with van der Waals surface area (Å²) in [6.45, 7) is 2.23. The average Bonchev–Trinajstić information content (AvgIpc) is 2.83. The van der Waals surface area contributed by atoms with Crippen molar-refractivity contribution in [2.24, 2.45) is 0 Å². The summed E-state index contributed by atoms with van der Waals surface area (Å²) >= 11 is 6.18. The minimum atomic E-state index is -0.556. The molecule has 9 heteroatoms. The van der Waals surface area contributed by atoms with Crippen molar-refractivity contribution < 1.29 is 9.18 Å². The average molecular weight is 467 g/mol. The fraction of sp³-hybridized carbons (Fsp3) is 0.292. The molecule has 2 aliphatic rings. The molecule has 1 fully saturated rings. The highest BCUT2D eigenvalue weighted by Crippen LogP contribution is 2.34. The summed E-state index contributed by atoms with van der Waals surface area (Å²) in [5.74, 6) is 0.506. The van der Waals surface area contributed by atoms with Crippen molar-refractivity contribution in [3.63, 3.8) is 0 Å². The molecule has 3 aromatic rings. The molecular weight excluding hydrogens is 443 g/mol. The minimum absolute atomic E-state index is 0.0534. The summed E-state index contributed by atoms with van der Waals surface area (Å²) in [5.41, 5.74) is 2.55. The third-order valence-corrected chi connectivity index (χ3v) is 6.45. The highest BCUT2D eigenvalue weighted by molar-refractivity contribution is 6.34. The zero-order valence-corrected chi connectivity index (χ0v) is 18.9. The molecule has 33 heavy (non-hydrogen) atoms. The van der Waals surface area contributed by atoms with E-state index in [1.807, 2.05) is 12.1 Å². The Morgan fingerprint density at radius 2 is 1.91 bits per heavy atom. The number of piperidine rings is 1. The molecule has 0 aliphatic carbocycles. The van der Waals surface area contributed by atoms with Gasteiger partial charge >= 0.3 is 0 Å². The number of benzene rings is 2. The van der Waals surface area contributed by atoms with Crippen LogP contribution in [0.1, 0.15) is 34.7 Å². The van der Waals surface area contributed by atoms with Gasteiger partial charge in [-0.1, -0.05) is 29.8 Å². The second-order valence-electron chi connectivity index (χ2n) is 8.34. The number of hydrogen-bond donors (Lipinski definition) is 2. The lowest BCUT2D eigenvalue weighted by Crippen LogP contribution is -2.46. The first-order valence-corrected chi connectivity index (χ1v) is 11.3. The zero-order valence-electron chi connectivity index (χ0n) is 18.2. The summed E-state index contributed by atoms with van der Waals surface area (Å²) < 4.78 is 14.4. The van der Waals surface area contributed by atoms with Gasteiger partial charge in [-0.2, -0.15) is 4.98 Å². The van der Waals surface area contributed by atoms with Crippen molar-refractivity contribution in [3.05, 3.63) is 70.6 Å². The molecule has 7 nitrogen and oxygen atoms in total. The van der Waals surface area contributed by atoms with Gasteiger partial charge < -0.3 is 15.5 Å². The maximum atomic E-state index is 14.4. The molecule has 0 atom stereocenters. The van der Waals surface area contributed by atoms with E-state index in [0.29, 0.717) is 17.7 Å². The molecule has 0 spiro atoms. The summed E-state index contributed by atoms with van der Waals surface area (Å²) in [6.07, 6.45) is 3.76. The Labute approximate surface area is 196 Å². The van der Waals surface area contributed by atoms with Gasteiger partial charge in [0.1, 0.15) is 22.9 Å². The van der Waals surface area contributed by atoms with Crippen LogP contribution in [0.3, 0.4) is 0 Å². The van der Waals surface area contributed by atoms with Crippen LogP contribution in [0.4, 0.5) is 27.5 Å². The van der Waals surface area contributed by atoms with Gasteiger partial charge in [0.25, 0.3) is 5.91 Å². The van der Waals surface area contributed by atoms with Gasteiger partial charge in [0.2, 0.25) is 5.95 Å². The SMILES string of the molecule is CN1CN(c2c(F)cccc2Cl)C(=O)c2cnc(Nc3ccc(C4CCNCC4)cc3)nc21. The van der Waals surface area contributed by atoms with Crippen LogP contribution in [-0.2, 0) is 0 Å². The summed E-state index contributed by atoms with van der Waals surface area (Å²) in [4.78, 5) is 25.0. The molecule has 2 N–H and O–H groups in total. The molecule has 1 amide bonds. The van der Waals surface area contributed by atoms with Gasteiger partial charge in [-0.3, -0.25) is 9.69 Å². The number of anilines is 4. The van der Waals surface area contributed by atoms with Crippen LogP contribution < -0.4 is 20.4 Å². The van der Waals surface area contributed by atoms with Gasteiger partial charge in [0.15, 0.2) is 0 Å². The number of aromatic nitrogens is 2. The first-order valence-electron chi connectivity index (χ1n) is 10.9. The fourth-order valence-corrected chi connectivity index (χ4v) is 4.67. The molecule has 2 aromatic carbocycles. The predicted octanol–water partition coefficient (Wildman–Crippen LogP) is 4.53. The van der Waals surface area contributed by atoms with E-state index in [9.17, 15) is 9.18 Å². The summed E-state index contributed by atoms with van der Waals surface area (Å²) in [5, 5.41) is 6.78. The van der Waals surface area contributed by atoms with Crippen LogP contribution in [0.2, 0.25) is 5.02 Å². The first kappa shape index (κ1) is 21.6. The van der Waals surface area contributed by atoms with Crippen LogP contribution in [-0.4, -0.2) is 42.7 Å². The van der Waals surface area contributed by atoms with Crippen LogP contribution in [0.25, 0.3) is 0 Å². The molecule has 2 aliphatic heterocycles. The number of nitrogens with zero attached hydrogens (tertiary/aromatic N) is 4. The number of fused-ring (bicyclic) bond motifs is 1. The molecule has 170 valence electrons. The van der Waals surface area contributed by atoms with Gasteiger partial charge in [-0.25, -0.2) is 9.37 Å². The van der Waals surface area contributed by atoms with Crippen molar-refractivity contribution in [1.82, 2.24) is 15.3 Å². The minimum Gasteiger partial charge on any atom is -0.341 e. The Morgan fingerprint density at radius 1 is 1.15 bits per heavy atom. The molecule has 5 rings (SSSR count). The lowest BCUT2D eigenvalue weighted by molar-refractivity contribution is 0.0981. The van der Waals surface area contributed by atoms with E-state index in [-0.39, 0.29) is 22.9 Å². The Morgan fingerprint density at radius 3 is 2.64 bits per heavy atom. The lowest BCUT2D eigenvalue weighted by Gasteiger charge is -2.35. The quantitative estimate of drug-likeness (QED) is 0.588. The topological polar surface area (TPSA) is 73.4 Å². The number of carbonyl (C=O) groups is 1. The molecule has 0 radical (unpaired) electrons. The summed E-state index contributed by atoms with van der Waals surface area (Å²) in [6, 6.07) is 12.7. The number of nitrogens with one attached hydrogen (secondary N) is 2. The molecule has 3 heterocycles. The largest absolute Gasteiger partial charge is 0.341 e. The number of rotatable bonds is 4. The van der Waals surface area contributed by atoms with E-state index in [1.165, 1.54) is 28.8 Å². The van der Waals surface area contributed by atoms with Gasteiger partial charge in [-0.15, -0.1) is 0 Å². The van der Waals surface area contributed by atoms with Crippen LogP contribution in [0.15, 0.2) is 48.7 Å². The van der Waals surface area contributed by atoms with Crippen molar-refractivity contribution in [2.45, 2.75) is 18.8 Å². The lowest BCUT2D eigenvalue weighted by atomic mass is 9.90. The maximum absolute atomic E-state index is 14.4. The fourth-order valence-electron chi connectivity index (χ4n) is 4.41. The molecule has 0 unspecified atom stereocenters. The Hall–Kier alpha value is -3.23. The van der Waals surface area contributed by atoms with E-state index in [4.69, 9.17) is 11.6 Å². The standard InChI is InChI=1S/C24H24ClFN6O/c1-31-14-32(21-19(25)3-2-4-20(21)26)23(33)18-13-28-24(30-22(18)31)29-17-7-5-15(6-8-17)16-9-11-27-12-10-16/h2-8,13,16,27H,9-12,14H2,1H3,(H,28,29,30). The van der Waals surface area contributed by atoms with Crippen molar-refractivity contribution in [3.8, 4) is 0 Å². The van der Waals surface area contributed by atoms with Crippen LogP contribution in [0, 0.1) is 5.82 Å². The Bertz CT molecular complexity index is 1160. The monoisotopic (exact) mass is 466 g/mol. The smallest absolute Gasteiger partial charge is 0.265 e. The van der Waals surface area contributed by atoms with Gasteiger partial charge in [0.05, 0.1) is 11.7 Å². The molecule has 1 aromatic heterocycles. The van der Waals surface area contributed by atoms with Crippen molar-refractivity contribution >= 4 is 40.6 Å². The summed E-state index contributed by atoms with van der Waals surface area (Å²) in [7, 11) is 1.79. The van der Waals surface area contributed by atoms with Crippen LogP contribution >= 0.6 is 11.6 Å². The van der Waals surface area contributed by atoms with Crippen molar-refractivity contribution in [1.29, 1.82) is 0 Å². The van der Waals surface area contributed by atoms with Crippen molar-refractivity contribution in [2.75, 3.05) is 41.9 Å². The zero-order chi connectivity index (χ0) is 22.9. The predicted molar refractivity (Wildman–Crippen MR) is 128 cm³/mol. The number of hydrogen-bond acceptors (Lipinski definition) is 6. The number of halogens is 2. The Kier molecular flexibility index (Phi) is 5.86. The molecule has 0 saturated carbocycles. The first-order chi connectivity index (χ1) is 16.0. The Balaban J connectivity index is 1.36. The number of amides is 1. The normalized spacial score (nSPS) is 16.6. The highest BCUT2D eigenvalue weighted by Gasteiger charge is 2.33. The van der Waals surface area contributed by atoms with E-state index < -0.39 is 11.7 Å². The molecule has 1 saturated heterocycles. The second kappa shape index (κ2) is 8.96. The van der Waals surface area contributed by atoms with E-state index in [1.54, 1.807) is 18.0 Å². The van der Waals surface area contributed by atoms with Crippen LogP contribution in [0.5, 0.6) is 0 Å². The third-order valence-electron chi connectivity index (χ3n) is 6.14. The maximum Gasteiger partial charge on any atom is 0.265 e. The van der Waals surface area contributed by atoms with E-state index in [0.717, 1.165) is 31.6 Å². The van der Waals surface area contributed by atoms with Gasteiger partial charge in [0, 0.05) is 18.9 Å². The molecule has 0 bridgehead atoms. The number of carbonyl (C=O) groups excluding carboxylic acids is 1. The van der Waals surface area contributed by atoms with E-state index >= 15 is 0 Å².